The number of nitrogens with two attached hydrogens (primary N) is 1. The van der Waals surface area contributed by atoms with Crippen molar-refractivity contribution in [1.82, 2.24) is 0 Å². The van der Waals surface area contributed by atoms with Crippen LogP contribution >= 0.6 is 12.6 Å². The van der Waals surface area contributed by atoms with E-state index in [9.17, 15) is 28.8 Å². The monoisotopic (exact) mass is 1440 g/mol. The number of rotatable bonds is 41. The van der Waals surface area contributed by atoms with Gasteiger partial charge in [-0.25, -0.2) is 5.90 Å². The Balaban J connectivity index is -0.000000260. The second-order valence-electron chi connectivity index (χ2n) is 32.0. The lowest BCUT2D eigenvalue weighted by Gasteiger charge is -2.24. The van der Waals surface area contributed by atoms with E-state index in [4.69, 9.17) is 67.5 Å². The number of methoxy groups -OCH3 is 1. The van der Waals surface area contributed by atoms with Gasteiger partial charge >= 0.3 is 35.8 Å². The van der Waals surface area contributed by atoms with Crippen LogP contribution in [0.2, 0.25) is 0 Å². The van der Waals surface area contributed by atoms with Crippen molar-refractivity contribution >= 4 is 48.4 Å². The third-order valence-electron chi connectivity index (χ3n) is 10.9. The first kappa shape index (κ1) is 105. The minimum atomic E-state index is -0.480. The molecule has 1 heterocycles. The number of carbonyl (C=O) groups excluding carboxylic acids is 6. The minimum Gasteiger partial charge on any atom is -0.466 e. The Morgan fingerprint density at radius 3 is 1.11 bits per heavy atom. The number of thiol groups is 1. The van der Waals surface area contributed by atoms with Gasteiger partial charge in [0.1, 0.15) is 50.8 Å². The largest absolute Gasteiger partial charge is 0.466 e. The van der Waals surface area contributed by atoms with E-state index in [1.54, 1.807) is 25.3 Å². The SMILES string of the molecule is C=CCC(=O)OCC(COC(=O)CC=C)OCC(C)(C)C.C=CCCC(=O)OCC(C)(C)C.C=CCCC(=O)OCCC(C)(C)C.C=CCOCC(C)(C)C.CC(C)(C)COCC1CO1.CCCC(=O)OCC(COC(=O)CCS)OCC(C)(C)C.COCC(CON)OCC(C)(C)C. The van der Waals surface area contributed by atoms with Gasteiger partial charge in [0.15, 0.2) is 0 Å². The standard InChI is InChI=1S/C16H26O5.C15H28O5S.C11H20O2.C10H18O2.C9H21NO3.C8H16O2.C8H16O/c1-6-8-14(17)19-10-13(21-12-16(3,4)5)11-20-15(18)9-7-2;1-5-6-13(16)18-9-12(20-11-15(2,3)4)10-19-14(17)7-8-21;1-5-6-7-10(12)13-9-8-11(2,3)4;1-5-6-7-9(11)12-8-10(2,3)4;1-9(2,3)7-12-8(5-11-4)6-13-10;1-8(2,3)6-9-4-7-5-10-7;1-5-6-9-7-8(2,3)4/h6-7,13H,1-2,8-12H2,3-5H3;12,21H,5-11H2,1-4H3;5H,1,6-9H2,2-4H3;5H,1,6-8H2,2-4H3;8H,5-7,10H2,1-4H3;7H,4-6H2,1-3H3;5H,1,6-7H2,2-4H3. The van der Waals surface area contributed by atoms with E-state index in [0.717, 1.165) is 39.3 Å². The van der Waals surface area contributed by atoms with E-state index >= 15 is 0 Å². The Bertz CT molecular complexity index is 2030. The highest BCUT2D eigenvalue weighted by Crippen LogP contribution is 2.20. The highest BCUT2D eigenvalue weighted by Gasteiger charge is 2.25. The first-order valence-corrected chi connectivity index (χ1v) is 35.3. The summed E-state index contributed by atoms with van der Waals surface area (Å²) in [6.45, 7) is 71.2. The van der Waals surface area contributed by atoms with Gasteiger partial charge in [-0.05, 0) is 63.6 Å². The fourth-order valence-corrected chi connectivity index (χ4v) is 6.01. The van der Waals surface area contributed by atoms with Crippen molar-refractivity contribution in [3.05, 3.63) is 63.3 Å². The third-order valence-corrected chi connectivity index (χ3v) is 11.1. The van der Waals surface area contributed by atoms with E-state index in [-0.39, 0.29) is 126 Å². The number of esters is 6. The third kappa shape index (κ3) is 100.0. The number of epoxide rings is 1. The first-order valence-electron chi connectivity index (χ1n) is 34.6. The summed E-state index contributed by atoms with van der Waals surface area (Å²) in [6.07, 6.45) is 12.4. The topological polar surface area (TPSA) is 261 Å². The van der Waals surface area contributed by atoms with Crippen molar-refractivity contribution in [3.8, 4) is 0 Å². The van der Waals surface area contributed by atoms with Gasteiger partial charge < -0.3 is 66.4 Å². The van der Waals surface area contributed by atoms with E-state index in [1.807, 2.05) is 69.2 Å². The predicted molar refractivity (Wildman–Crippen MR) is 401 cm³/mol. The zero-order valence-corrected chi connectivity index (χ0v) is 67.4. The van der Waals surface area contributed by atoms with Gasteiger partial charge in [-0.2, -0.15) is 12.6 Å². The van der Waals surface area contributed by atoms with Crippen LogP contribution in [0, 0.1) is 37.9 Å². The molecule has 584 valence electrons. The fraction of sp³-hybridized carbons (Fsp3) is 0.792. The molecule has 21 nitrogen and oxygen atoms in total. The van der Waals surface area contributed by atoms with Crippen LogP contribution < -0.4 is 5.90 Å². The second-order valence-corrected chi connectivity index (χ2v) is 32.5. The summed E-state index contributed by atoms with van der Waals surface area (Å²) in [4.78, 5) is 71.9. The van der Waals surface area contributed by atoms with Crippen LogP contribution in [0.5, 0.6) is 0 Å². The fourth-order valence-electron chi connectivity index (χ4n) is 5.83. The lowest BCUT2D eigenvalue weighted by atomic mass is 9.93. The van der Waals surface area contributed by atoms with E-state index in [1.165, 1.54) is 12.2 Å². The summed E-state index contributed by atoms with van der Waals surface area (Å²) >= 11 is 3.97. The van der Waals surface area contributed by atoms with Crippen LogP contribution in [-0.2, 0) is 95.2 Å². The van der Waals surface area contributed by atoms with Crippen LogP contribution in [0.4, 0.5) is 0 Å². The van der Waals surface area contributed by atoms with Crippen LogP contribution in [0.1, 0.15) is 217 Å². The van der Waals surface area contributed by atoms with Crippen LogP contribution in [-0.4, -0.2) is 179 Å². The second kappa shape index (κ2) is 62.1. The molecule has 0 aromatic heterocycles. The van der Waals surface area contributed by atoms with Crippen LogP contribution in [0.3, 0.4) is 0 Å². The molecule has 0 aromatic rings. The van der Waals surface area contributed by atoms with Crippen LogP contribution in [0.25, 0.3) is 0 Å². The zero-order valence-electron chi connectivity index (χ0n) is 66.5. The smallest absolute Gasteiger partial charge is 0.309 e. The molecule has 0 aromatic carbocycles. The summed E-state index contributed by atoms with van der Waals surface area (Å²) in [5, 5.41) is 0. The van der Waals surface area contributed by atoms with E-state index < -0.39 is 12.2 Å². The maximum atomic E-state index is 11.4. The molecule has 0 radical (unpaired) electrons. The number of ether oxygens (including phenoxy) is 13. The average molecular weight is 1440 g/mol. The maximum absolute atomic E-state index is 11.4. The maximum Gasteiger partial charge on any atom is 0.309 e. The Morgan fingerprint density at radius 2 is 0.798 bits per heavy atom. The first-order chi connectivity index (χ1) is 45.6. The average Bonchev–Trinajstić information content (AvgIpc) is 1.94. The lowest BCUT2D eigenvalue weighted by molar-refractivity contribution is -0.157. The normalized spacial score (nSPS) is 13.3. The van der Waals surface area contributed by atoms with Gasteiger partial charge in [-0.1, -0.05) is 183 Å². The molecule has 2 N–H and O–H groups in total. The molecule has 1 aliphatic heterocycles. The van der Waals surface area contributed by atoms with Crippen molar-refractivity contribution in [3.63, 3.8) is 0 Å². The minimum absolute atomic E-state index is 0.0131. The molecule has 0 spiro atoms. The van der Waals surface area contributed by atoms with Gasteiger partial charge in [0, 0.05) is 32.1 Å². The van der Waals surface area contributed by atoms with Gasteiger partial charge in [0.25, 0.3) is 0 Å². The predicted octanol–water partition coefficient (Wildman–Crippen LogP) is 15.4. The molecular formula is C77H145NO20S. The number of carbonyl (C=O) groups is 6. The molecule has 0 amide bonds. The molecule has 1 aliphatic rings. The van der Waals surface area contributed by atoms with E-state index in [2.05, 4.69) is 133 Å². The van der Waals surface area contributed by atoms with Gasteiger partial charge in [-0.3, -0.25) is 28.8 Å². The summed E-state index contributed by atoms with van der Waals surface area (Å²) in [5.74, 6) is 3.80. The molecule has 99 heavy (non-hydrogen) atoms. The highest BCUT2D eigenvalue weighted by molar-refractivity contribution is 7.80. The van der Waals surface area contributed by atoms with Gasteiger partial charge in [0.05, 0.1) is 98.5 Å². The molecule has 1 fully saturated rings. The van der Waals surface area contributed by atoms with Crippen molar-refractivity contribution < 1.29 is 95.2 Å². The summed E-state index contributed by atoms with van der Waals surface area (Å²) in [7, 11) is 1.63. The molecule has 0 bridgehead atoms. The summed E-state index contributed by atoms with van der Waals surface area (Å²) in [6, 6.07) is 0. The molecular weight excluding hydrogens is 1290 g/mol. The van der Waals surface area contributed by atoms with Crippen molar-refractivity contribution in [2.45, 2.75) is 241 Å². The zero-order chi connectivity index (χ0) is 77.8. The van der Waals surface area contributed by atoms with E-state index in [0.29, 0.717) is 96.8 Å². The van der Waals surface area contributed by atoms with Gasteiger partial charge in [-0.15, -0.1) is 32.9 Å². The molecule has 0 aliphatic carbocycles. The van der Waals surface area contributed by atoms with Crippen molar-refractivity contribution in [2.75, 3.05) is 119 Å². The van der Waals surface area contributed by atoms with Crippen molar-refractivity contribution in [2.24, 2.45) is 43.8 Å². The molecule has 1 saturated heterocycles. The molecule has 22 heteroatoms. The molecule has 3 unspecified atom stereocenters. The Morgan fingerprint density at radius 1 is 0.444 bits per heavy atom. The van der Waals surface area contributed by atoms with Crippen LogP contribution in [0.15, 0.2) is 63.3 Å². The highest BCUT2D eigenvalue weighted by atomic mass is 32.1. The molecule has 3 atom stereocenters. The van der Waals surface area contributed by atoms with Gasteiger partial charge in [0.2, 0.25) is 0 Å². The number of hydrogen-bond donors (Lipinski definition) is 2. The summed E-state index contributed by atoms with van der Waals surface area (Å²) < 4.78 is 67.9. The Kier molecular flexibility index (Phi) is 66.2. The number of hydrogen-bond acceptors (Lipinski definition) is 22. The Hall–Kier alpha value is -4.49. The molecule has 0 saturated carbocycles. The summed E-state index contributed by atoms with van der Waals surface area (Å²) in [5.41, 5.74) is 0.969. The van der Waals surface area contributed by atoms with Crippen molar-refractivity contribution in [1.29, 1.82) is 0 Å². The molecule has 1 rings (SSSR count). The Labute approximate surface area is 607 Å². The quantitative estimate of drug-likeness (QED) is 0.0110. The number of allylic oxidation sites excluding steroid dienone is 2. The lowest BCUT2D eigenvalue weighted by Crippen LogP contribution is -2.31.